The van der Waals surface area contributed by atoms with Crippen molar-refractivity contribution in [3.63, 3.8) is 0 Å². The lowest BCUT2D eigenvalue weighted by Gasteiger charge is -2.21. The van der Waals surface area contributed by atoms with Crippen LogP contribution in [0.2, 0.25) is 0 Å². The molecule has 1 amide bonds. The lowest BCUT2D eigenvalue weighted by molar-refractivity contribution is -0.860. The molecule has 1 heterocycles. The molecule has 4 nitrogen and oxygen atoms in total. The first-order valence-corrected chi connectivity index (χ1v) is 7.60. The number of anilines is 1. The second-order valence-electron chi connectivity index (χ2n) is 6.04. The molecule has 110 valence electrons. The fourth-order valence-electron chi connectivity index (χ4n) is 2.87. The van der Waals surface area contributed by atoms with Crippen LogP contribution in [0, 0.1) is 0 Å². The summed E-state index contributed by atoms with van der Waals surface area (Å²) in [7, 11) is 4.32. The fraction of sp³-hybridized carbons (Fsp3) is 0.562. The molecule has 1 aromatic carbocycles. The van der Waals surface area contributed by atoms with Crippen molar-refractivity contribution in [1.29, 1.82) is 0 Å². The average molecular weight is 277 g/mol. The largest absolute Gasteiger partial charge is 0.340 e. The third-order valence-corrected chi connectivity index (χ3v) is 3.88. The molecule has 2 rings (SSSR count). The van der Waals surface area contributed by atoms with E-state index in [0.717, 1.165) is 31.6 Å². The van der Waals surface area contributed by atoms with Gasteiger partial charge >= 0.3 is 0 Å². The maximum absolute atomic E-state index is 12.4. The van der Waals surface area contributed by atoms with Crippen LogP contribution in [-0.4, -0.2) is 45.7 Å². The summed E-state index contributed by atoms with van der Waals surface area (Å²) in [4.78, 5) is 15.8. The highest BCUT2D eigenvalue weighted by Crippen LogP contribution is 2.31. The first-order chi connectivity index (χ1) is 9.59. The Morgan fingerprint density at radius 3 is 2.90 bits per heavy atom. The SMILES string of the molecule is C[C@@H]1Cc2ccccc2N1C(=O)C[NH2+]CCC[NH+](C)C. The van der Waals surface area contributed by atoms with Crippen molar-refractivity contribution in [1.82, 2.24) is 0 Å². The van der Waals surface area contributed by atoms with Gasteiger partial charge in [-0.2, -0.15) is 0 Å². The molecule has 1 aliphatic heterocycles. The molecule has 0 saturated heterocycles. The normalized spacial score (nSPS) is 17.6. The third-order valence-electron chi connectivity index (χ3n) is 3.88. The molecule has 4 heteroatoms. The summed E-state index contributed by atoms with van der Waals surface area (Å²) in [6.07, 6.45) is 2.13. The molecule has 1 aliphatic rings. The molecule has 0 unspecified atom stereocenters. The number of nitrogens with two attached hydrogens (primary N) is 1. The van der Waals surface area contributed by atoms with Crippen LogP contribution in [-0.2, 0) is 11.2 Å². The Morgan fingerprint density at radius 2 is 2.15 bits per heavy atom. The molecule has 0 aromatic heterocycles. The minimum absolute atomic E-state index is 0.236. The van der Waals surface area contributed by atoms with Crippen LogP contribution in [0.15, 0.2) is 24.3 Å². The average Bonchev–Trinajstić information content (AvgIpc) is 2.73. The predicted molar refractivity (Wildman–Crippen MR) is 81.0 cm³/mol. The molecule has 0 aliphatic carbocycles. The zero-order chi connectivity index (χ0) is 14.5. The van der Waals surface area contributed by atoms with Crippen LogP contribution < -0.4 is 15.1 Å². The number of amides is 1. The summed E-state index contributed by atoms with van der Waals surface area (Å²) >= 11 is 0. The zero-order valence-electron chi connectivity index (χ0n) is 12.9. The molecule has 1 aromatic rings. The molecule has 20 heavy (non-hydrogen) atoms. The number of carbonyl (C=O) groups is 1. The molecule has 1 atom stereocenters. The van der Waals surface area contributed by atoms with Crippen molar-refractivity contribution in [2.45, 2.75) is 25.8 Å². The van der Waals surface area contributed by atoms with Crippen LogP contribution in [0.25, 0.3) is 0 Å². The van der Waals surface area contributed by atoms with Gasteiger partial charge in [0.25, 0.3) is 5.91 Å². The first kappa shape index (κ1) is 15.0. The number of para-hydroxylation sites is 1. The number of benzene rings is 1. The van der Waals surface area contributed by atoms with Gasteiger partial charge in [0.2, 0.25) is 0 Å². The van der Waals surface area contributed by atoms with Gasteiger partial charge < -0.3 is 15.1 Å². The molecule has 3 N–H and O–H groups in total. The summed E-state index contributed by atoms with van der Waals surface area (Å²) < 4.78 is 0. The highest BCUT2D eigenvalue weighted by atomic mass is 16.2. The van der Waals surface area contributed by atoms with Gasteiger partial charge in [0.15, 0.2) is 6.54 Å². The van der Waals surface area contributed by atoms with Gasteiger partial charge in [-0.15, -0.1) is 0 Å². The number of rotatable bonds is 6. The van der Waals surface area contributed by atoms with Crippen LogP contribution in [0.5, 0.6) is 0 Å². The number of carbonyl (C=O) groups excluding carboxylic acids is 1. The van der Waals surface area contributed by atoms with Crippen molar-refractivity contribution < 1.29 is 15.0 Å². The maximum Gasteiger partial charge on any atom is 0.282 e. The van der Waals surface area contributed by atoms with E-state index in [1.54, 1.807) is 0 Å². The van der Waals surface area contributed by atoms with E-state index in [0.29, 0.717) is 12.6 Å². The maximum atomic E-state index is 12.4. The molecule has 0 fully saturated rings. The van der Waals surface area contributed by atoms with Crippen LogP contribution >= 0.6 is 0 Å². The number of fused-ring (bicyclic) bond motifs is 1. The topological polar surface area (TPSA) is 41.4 Å². The van der Waals surface area contributed by atoms with Gasteiger partial charge in [-0.3, -0.25) is 4.79 Å². The first-order valence-electron chi connectivity index (χ1n) is 7.60. The van der Waals surface area contributed by atoms with E-state index >= 15 is 0 Å². The molecular formula is C16H27N3O+2. The molecule has 0 spiro atoms. The highest BCUT2D eigenvalue weighted by Gasteiger charge is 2.30. The number of nitrogens with one attached hydrogen (secondary N) is 1. The lowest BCUT2D eigenvalue weighted by Crippen LogP contribution is -3.06. The van der Waals surface area contributed by atoms with Gasteiger partial charge in [-0.1, -0.05) is 18.2 Å². The zero-order valence-corrected chi connectivity index (χ0v) is 12.9. The standard InChI is InChI=1S/C16H25N3O/c1-13-11-14-7-4-5-8-15(14)19(13)16(20)12-17-9-6-10-18(2)3/h4-5,7-8,13,17H,6,9-12H2,1-3H3/p+2/t13-/m1/s1. The monoisotopic (exact) mass is 277 g/mol. The van der Waals surface area contributed by atoms with Gasteiger partial charge in [0.05, 0.1) is 27.2 Å². The molecule has 0 saturated carbocycles. The second-order valence-corrected chi connectivity index (χ2v) is 6.04. The Bertz CT molecular complexity index is 459. The van der Waals surface area contributed by atoms with E-state index in [2.05, 4.69) is 44.5 Å². The van der Waals surface area contributed by atoms with E-state index in [-0.39, 0.29) is 5.91 Å². The number of hydrogen-bond acceptors (Lipinski definition) is 1. The summed E-state index contributed by atoms with van der Waals surface area (Å²) in [6.45, 7) is 4.88. The molecule has 0 radical (unpaired) electrons. The van der Waals surface area contributed by atoms with Crippen LogP contribution in [0.4, 0.5) is 5.69 Å². The third kappa shape index (κ3) is 3.58. The highest BCUT2D eigenvalue weighted by molar-refractivity contribution is 5.96. The summed E-state index contributed by atoms with van der Waals surface area (Å²) in [5.74, 6) is 0.236. The number of hydrogen-bond donors (Lipinski definition) is 2. The van der Waals surface area contributed by atoms with E-state index < -0.39 is 0 Å². The van der Waals surface area contributed by atoms with Gasteiger partial charge in [0, 0.05) is 18.2 Å². The fourth-order valence-corrected chi connectivity index (χ4v) is 2.87. The van der Waals surface area contributed by atoms with Crippen molar-refractivity contribution in [3.8, 4) is 0 Å². The minimum Gasteiger partial charge on any atom is -0.340 e. The van der Waals surface area contributed by atoms with Crippen molar-refractivity contribution in [3.05, 3.63) is 29.8 Å². The smallest absolute Gasteiger partial charge is 0.282 e. The minimum atomic E-state index is 0.236. The van der Waals surface area contributed by atoms with Gasteiger partial charge in [-0.05, 0) is 25.0 Å². The van der Waals surface area contributed by atoms with Crippen LogP contribution in [0.1, 0.15) is 18.9 Å². The Kier molecular flexibility index (Phi) is 5.15. The summed E-state index contributed by atoms with van der Waals surface area (Å²) in [5, 5.41) is 2.14. The van der Waals surface area contributed by atoms with Crippen molar-refractivity contribution in [2.24, 2.45) is 0 Å². The lowest BCUT2D eigenvalue weighted by atomic mass is 10.1. The van der Waals surface area contributed by atoms with Gasteiger partial charge in [0.1, 0.15) is 0 Å². The van der Waals surface area contributed by atoms with E-state index in [1.807, 2.05) is 11.0 Å². The number of nitrogens with zero attached hydrogens (tertiary/aromatic N) is 1. The van der Waals surface area contributed by atoms with Gasteiger partial charge in [-0.25, -0.2) is 0 Å². The molecular weight excluding hydrogens is 250 g/mol. The Balaban J connectivity index is 1.84. The second kappa shape index (κ2) is 6.86. The van der Waals surface area contributed by atoms with Crippen molar-refractivity contribution in [2.75, 3.05) is 38.6 Å². The van der Waals surface area contributed by atoms with E-state index in [1.165, 1.54) is 10.5 Å². The van der Waals surface area contributed by atoms with Crippen molar-refractivity contribution >= 4 is 11.6 Å². The number of quaternary nitrogens is 2. The summed E-state index contributed by atoms with van der Waals surface area (Å²) in [6, 6.07) is 8.55. The van der Waals surface area contributed by atoms with E-state index in [4.69, 9.17) is 0 Å². The molecule has 0 bridgehead atoms. The van der Waals surface area contributed by atoms with E-state index in [9.17, 15) is 4.79 Å². The quantitative estimate of drug-likeness (QED) is 0.648. The summed E-state index contributed by atoms with van der Waals surface area (Å²) in [5.41, 5.74) is 2.40. The Morgan fingerprint density at radius 1 is 1.40 bits per heavy atom. The van der Waals surface area contributed by atoms with Crippen LogP contribution in [0.3, 0.4) is 0 Å². The Labute approximate surface area is 121 Å². The Hall–Kier alpha value is -1.39. The predicted octanol–water partition coefficient (Wildman–Crippen LogP) is -0.938.